The highest BCUT2D eigenvalue weighted by atomic mass is 32.2. The highest BCUT2D eigenvalue weighted by molar-refractivity contribution is 7.99. The Balaban J connectivity index is 1.92. The number of nitrogens with zero attached hydrogens (tertiary/aromatic N) is 5. The number of rotatable bonds is 7. The molecule has 0 aliphatic rings. The molecule has 0 aliphatic carbocycles. The minimum absolute atomic E-state index is 0.104. The van der Waals surface area contributed by atoms with E-state index < -0.39 is 0 Å². The molecular weight excluding hydrogens is 334 g/mol. The Kier molecular flexibility index (Phi) is 5.53. The van der Waals surface area contributed by atoms with E-state index >= 15 is 0 Å². The summed E-state index contributed by atoms with van der Waals surface area (Å²) >= 11 is 1.35. The minimum Gasteiger partial charge on any atom is -0.343 e. The first-order chi connectivity index (χ1) is 12.2. The second-order valence-electron chi connectivity index (χ2n) is 5.79. The van der Waals surface area contributed by atoms with E-state index in [1.807, 2.05) is 30.9 Å². The molecule has 0 saturated carbocycles. The van der Waals surface area contributed by atoms with E-state index in [-0.39, 0.29) is 5.91 Å². The Bertz CT molecular complexity index is 888. The van der Waals surface area contributed by atoms with Gasteiger partial charge in [0.25, 0.3) is 0 Å². The maximum absolute atomic E-state index is 12.2. The van der Waals surface area contributed by atoms with E-state index in [0.717, 1.165) is 48.1 Å². The monoisotopic (exact) mass is 357 g/mol. The summed E-state index contributed by atoms with van der Waals surface area (Å²) in [6.07, 6.45) is 1.01. The molecule has 0 fully saturated rings. The second kappa shape index (κ2) is 7.82. The molecule has 0 bridgehead atoms. The minimum atomic E-state index is 0.104. The van der Waals surface area contributed by atoms with Crippen molar-refractivity contribution in [1.82, 2.24) is 24.6 Å². The average molecular weight is 357 g/mol. The Hall–Kier alpha value is -2.15. The third-order valence-corrected chi connectivity index (χ3v) is 5.07. The molecule has 0 saturated heterocycles. The first-order valence-corrected chi connectivity index (χ1v) is 9.70. The third kappa shape index (κ3) is 3.46. The number of fused-ring (bicyclic) bond motifs is 3. The lowest BCUT2D eigenvalue weighted by molar-refractivity contribution is -0.127. The standard InChI is InChI=1S/C18H23N5OS/c1-4-11-23-14-10-8-7-9-13(14)16-17(23)19-18(21-20-16)25-12-15(24)22(5-2)6-3/h7-10H,4-6,11-12H2,1-3H3. The molecule has 0 unspecified atom stereocenters. The van der Waals surface area contributed by atoms with E-state index in [9.17, 15) is 4.79 Å². The number of hydrogen-bond donors (Lipinski definition) is 0. The maximum Gasteiger partial charge on any atom is 0.233 e. The summed E-state index contributed by atoms with van der Waals surface area (Å²) in [4.78, 5) is 18.7. The van der Waals surface area contributed by atoms with Gasteiger partial charge in [-0.15, -0.1) is 10.2 Å². The van der Waals surface area contributed by atoms with Crippen molar-refractivity contribution in [2.24, 2.45) is 0 Å². The van der Waals surface area contributed by atoms with Crippen LogP contribution in [0, 0.1) is 0 Å². The number of amides is 1. The van der Waals surface area contributed by atoms with Gasteiger partial charge in [0.1, 0.15) is 5.52 Å². The molecule has 3 aromatic rings. The molecule has 0 aliphatic heterocycles. The van der Waals surface area contributed by atoms with Gasteiger partial charge in [0.15, 0.2) is 5.65 Å². The third-order valence-electron chi connectivity index (χ3n) is 4.24. The second-order valence-corrected chi connectivity index (χ2v) is 6.73. The van der Waals surface area contributed by atoms with Gasteiger partial charge in [-0.05, 0) is 26.3 Å². The normalized spacial score (nSPS) is 11.3. The summed E-state index contributed by atoms with van der Waals surface area (Å²) in [7, 11) is 0. The van der Waals surface area contributed by atoms with Crippen molar-refractivity contribution >= 4 is 39.7 Å². The number of thioether (sulfide) groups is 1. The SMILES string of the molecule is CCCn1c2ccccc2c2nnc(SCC(=O)N(CC)CC)nc21. The summed E-state index contributed by atoms with van der Waals surface area (Å²) in [5, 5.41) is 10.2. The van der Waals surface area contributed by atoms with Crippen molar-refractivity contribution in [3.05, 3.63) is 24.3 Å². The van der Waals surface area contributed by atoms with E-state index in [1.54, 1.807) is 0 Å². The van der Waals surface area contributed by atoms with Crippen LogP contribution in [0.5, 0.6) is 0 Å². The molecule has 25 heavy (non-hydrogen) atoms. The van der Waals surface area contributed by atoms with Crippen molar-refractivity contribution in [1.29, 1.82) is 0 Å². The Labute approximate surface area is 151 Å². The van der Waals surface area contributed by atoms with E-state index in [2.05, 4.69) is 33.8 Å². The van der Waals surface area contributed by atoms with E-state index in [0.29, 0.717) is 10.9 Å². The lowest BCUT2D eigenvalue weighted by Crippen LogP contribution is -2.31. The van der Waals surface area contributed by atoms with Crippen LogP contribution >= 0.6 is 11.8 Å². The van der Waals surface area contributed by atoms with Crippen molar-refractivity contribution < 1.29 is 4.79 Å². The summed E-state index contributed by atoms with van der Waals surface area (Å²) in [5.74, 6) is 0.441. The van der Waals surface area contributed by atoms with Crippen LogP contribution in [0.3, 0.4) is 0 Å². The van der Waals surface area contributed by atoms with Crippen LogP contribution in [0.15, 0.2) is 29.4 Å². The molecule has 1 amide bonds. The fourth-order valence-electron chi connectivity index (χ4n) is 2.99. The predicted molar refractivity (Wildman–Crippen MR) is 102 cm³/mol. The Morgan fingerprint density at radius 3 is 2.64 bits per heavy atom. The summed E-state index contributed by atoms with van der Waals surface area (Å²) in [6.45, 7) is 8.44. The Morgan fingerprint density at radius 1 is 1.16 bits per heavy atom. The van der Waals surface area contributed by atoms with Gasteiger partial charge in [-0.3, -0.25) is 4.79 Å². The molecule has 132 valence electrons. The van der Waals surface area contributed by atoms with Crippen LogP contribution in [0.25, 0.3) is 22.1 Å². The number of para-hydroxylation sites is 1. The zero-order valence-corrected chi connectivity index (χ0v) is 15.7. The van der Waals surface area contributed by atoms with Gasteiger partial charge < -0.3 is 9.47 Å². The van der Waals surface area contributed by atoms with E-state index in [1.165, 1.54) is 11.8 Å². The zero-order valence-electron chi connectivity index (χ0n) is 14.9. The fourth-order valence-corrected chi connectivity index (χ4v) is 3.68. The van der Waals surface area contributed by atoms with Crippen LogP contribution in [0.1, 0.15) is 27.2 Å². The van der Waals surface area contributed by atoms with Crippen LogP contribution < -0.4 is 0 Å². The topological polar surface area (TPSA) is 63.9 Å². The van der Waals surface area contributed by atoms with Gasteiger partial charge in [-0.2, -0.15) is 0 Å². The fraction of sp³-hybridized carbons (Fsp3) is 0.444. The number of carbonyl (C=O) groups excluding carboxylic acids is 1. The van der Waals surface area contributed by atoms with Gasteiger partial charge >= 0.3 is 0 Å². The number of benzene rings is 1. The number of carbonyl (C=O) groups is 1. The van der Waals surface area contributed by atoms with Crippen LogP contribution in [-0.2, 0) is 11.3 Å². The average Bonchev–Trinajstić information content (AvgIpc) is 2.95. The highest BCUT2D eigenvalue weighted by Crippen LogP contribution is 2.27. The van der Waals surface area contributed by atoms with Crippen molar-refractivity contribution in [3.63, 3.8) is 0 Å². The lowest BCUT2D eigenvalue weighted by Gasteiger charge is -2.17. The maximum atomic E-state index is 12.2. The molecule has 6 nitrogen and oxygen atoms in total. The van der Waals surface area contributed by atoms with Gasteiger partial charge in [0.05, 0.1) is 11.3 Å². The molecule has 7 heteroatoms. The molecule has 0 radical (unpaired) electrons. The molecule has 2 heterocycles. The van der Waals surface area contributed by atoms with Gasteiger partial charge in [0, 0.05) is 25.0 Å². The van der Waals surface area contributed by atoms with Gasteiger partial charge in [-0.1, -0.05) is 36.9 Å². The first kappa shape index (κ1) is 17.7. The molecule has 0 spiro atoms. The summed E-state index contributed by atoms with van der Waals surface area (Å²) in [6, 6.07) is 8.17. The van der Waals surface area contributed by atoms with Crippen molar-refractivity contribution in [3.8, 4) is 0 Å². The Morgan fingerprint density at radius 2 is 1.92 bits per heavy atom. The largest absolute Gasteiger partial charge is 0.343 e. The number of aromatic nitrogens is 4. The number of aryl methyl sites for hydroxylation is 1. The smallest absolute Gasteiger partial charge is 0.233 e. The summed E-state index contributed by atoms with van der Waals surface area (Å²) in [5.41, 5.74) is 2.79. The molecular formula is C18H23N5OS. The van der Waals surface area contributed by atoms with Gasteiger partial charge in [-0.25, -0.2) is 4.98 Å². The first-order valence-electron chi connectivity index (χ1n) is 8.71. The van der Waals surface area contributed by atoms with E-state index in [4.69, 9.17) is 4.98 Å². The van der Waals surface area contributed by atoms with Crippen LogP contribution in [-0.4, -0.2) is 49.4 Å². The molecule has 1 aromatic carbocycles. The molecule has 3 rings (SSSR count). The molecule has 0 atom stereocenters. The predicted octanol–water partition coefficient (Wildman–Crippen LogP) is 3.35. The molecule has 0 N–H and O–H groups in total. The quantitative estimate of drug-likeness (QED) is 0.607. The highest BCUT2D eigenvalue weighted by Gasteiger charge is 2.16. The van der Waals surface area contributed by atoms with Gasteiger partial charge in [0.2, 0.25) is 11.1 Å². The van der Waals surface area contributed by atoms with Crippen LogP contribution in [0.2, 0.25) is 0 Å². The van der Waals surface area contributed by atoms with Crippen LogP contribution in [0.4, 0.5) is 0 Å². The van der Waals surface area contributed by atoms with Crippen molar-refractivity contribution in [2.75, 3.05) is 18.8 Å². The summed E-state index contributed by atoms with van der Waals surface area (Å²) < 4.78 is 2.19. The zero-order chi connectivity index (χ0) is 17.8. The van der Waals surface area contributed by atoms with Crippen molar-refractivity contribution in [2.45, 2.75) is 38.9 Å². The number of hydrogen-bond acceptors (Lipinski definition) is 5. The lowest BCUT2D eigenvalue weighted by atomic mass is 10.2. The molecule has 2 aromatic heterocycles.